The fourth-order valence-electron chi connectivity index (χ4n) is 2.52. The smallest absolute Gasteiger partial charge is 0.122 e. The third-order valence-corrected chi connectivity index (χ3v) is 4.53. The van der Waals surface area contributed by atoms with Gasteiger partial charge in [-0.15, -0.1) is 0 Å². The van der Waals surface area contributed by atoms with Crippen LogP contribution < -0.4 is 10.5 Å². The summed E-state index contributed by atoms with van der Waals surface area (Å²) in [6.07, 6.45) is 1.01. The van der Waals surface area contributed by atoms with Crippen LogP contribution in [0.4, 0.5) is 0 Å². The lowest BCUT2D eigenvalue weighted by molar-refractivity contribution is 0.131. The molecule has 0 fully saturated rings. The predicted octanol–water partition coefficient (Wildman–Crippen LogP) is 3.04. The highest BCUT2D eigenvalue weighted by atomic mass is 16.5. The first-order valence-electron chi connectivity index (χ1n) is 6.86. The quantitative estimate of drug-likeness (QED) is 0.888. The fourth-order valence-corrected chi connectivity index (χ4v) is 2.52. The topological polar surface area (TPSA) is 38.5 Å². The second-order valence-electron chi connectivity index (χ2n) is 5.76. The minimum absolute atomic E-state index is 0.0166. The van der Waals surface area contributed by atoms with Gasteiger partial charge in [0.25, 0.3) is 0 Å². The zero-order chi connectivity index (χ0) is 14.8. The number of benzene rings is 1. The molecule has 0 aromatic heterocycles. The van der Waals surface area contributed by atoms with Crippen LogP contribution in [0.5, 0.6) is 5.75 Å². The highest BCUT2D eigenvalue weighted by Crippen LogP contribution is 2.34. The van der Waals surface area contributed by atoms with Gasteiger partial charge >= 0.3 is 0 Å². The van der Waals surface area contributed by atoms with Crippen molar-refractivity contribution in [1.82, 2.24) is 4.90 Å². The van der Waals surface area contributed by atoms with E-state index < -0.39 is 0 Å². The van der Waals surface area contributed by atoms with Gasteiger partial charge in [-0.25, -0.2) is 0 Å². The maximum absolute atomic E-state index is 6.56. The summed E-state index contributed by atoms with van der Waals surface area (Å²) in [5, 5.41) is 0. The van der Waals surface area contributed by atoms with Crippen molar-refractivity contribution in [2.75, 3.05) is 21.2 Å². The van der Waals surface area contributed by atoms with Gasteiger partial charge in [0.2, 0.25) is 0 Å². The summed E-state index contributed by atoms with van der Waals surface area (Å²) in [6, 6.07) is 4.23. The summed E-state index contributed by atoms with van der Waals surface area (Å²) in [6.45, 7) is 8.57. The van der Waals surface area contributed by atoms with Gasteiger partial charge in [0.05, 0.1) is 7.11 Å². The van der Waals surface area contributed by atoms with Crippen molar-refractivity contribution >= 4 is 0 Å². The minimum atomic E-state index is -0.0498. The van der Waals surface area contributed by atoms with E-state index in [4.69, 9.17) is 10.5 Å². The second kappa shape index (κ2) is 5.93. The average Bonchev–Trinajstić information content (AvgIpc) is 2.38. The lowest BCUT2D eigenvalue weighted by Gasteiger charge is -2.41. The van der Waals surface area contributed by atoms with Gasteiger partial charge in [0, 0.05) is 11.6 Å². The fraction of sp³-hybridized carbons (Fsp3) is 0.625. The molecule has 2 unspecified atom stereocenters. The largest absolute Gasteiger partial charge is 0.496 e. The minimum Gasteiger partial charge on any atom is -0.496 e. The number of nitrogens with two attached hydrogens (primary N) is 1. The van der Waals surface area contributed by atoms with Crippen LogP contribution >= 0.6 is 0 Å². The van der Waals surface area contributed by atoms with Crippen molar-refractivity contribution in [2.24, 2.45) is 5.73 Å². The molecular formula is C16H28N2O. The van der Waals surface area contributed by atoms with E-state index in [-0.39, 0.29) is 11.6 Å². The Morgan fingerprint density at radius 1 is 1.26 bits per heavy atom. The Labute approximate surface area is 117 Å². The molecule has 0 heterocycles. The summed E-state index contributed by atoms with van der Waals surface area (Å²) in [5.41, 5.74) is 10.0. The lowest BCUT2D eigenvalue weighted by atomic mass is 9.82. The molecule has 1 aromatic carbocycles. The standard InChI is InChI=1S/C16H28N2O/c1-8-16(4,18(5)6)15(17)13-9-12(3)14(19-7)10-11(13)2/h9-10,15H,8,17H2,1-7H3. The number of ether oxygens (including phenoxy) is 1. The molecule has 0 aliphatic carbocycles. The van der Waals surface area contributed by atoms with Crippen LogP contribution in [0.15, 0.2) is 12.1 Å². The molecule has 0 spiro atoms. The molecule has 0 bridgehead atoms. The van der Waals surface area contributed by atoms with Crippen molar-refractivity contribution in [2.45, 2.75) is 45.7 Å². The van der Waals surface area contributed by atoms with Gasteiger partial charge in [-0.1, -0.05) is 13.0 Å². The molecule has 2 N–H and O–H groups in total. The zero-order valence-electron chi connectivity index (χ0n) is 13.4. The van der Waals surface area contributed by atoms with Crippen molar-refractivity contribution in [1.29, 1.82) is 0 Å². The van der Waals surface area contributed by atoms with E-state index in [0.717, 1.165) is 17.7 Å². The first-order chi connectivity index (χ1) is 8.77. The summed E-state index contributed by atoms with van der Waals surface area (Å²) in [7, 11) is 5.89. The molecule has 0 aliphatic rings. The predicted molar refractivity (Wildman–Crippen MR) is 81.8 cm³/mol. The third kappa shape index (κ3) is 2.93. The maximum Gasteiger partial charge on any atom is 0.122 e. The van der Waals surface area contributed by atoms with Crippen LogP contribution in [-0.4, -0.2) is 31.6 Å². The van der Waals surface area contributed by atoms with Crippen molar-refractivity contribution in [3.63, 3.8) is 0 Å². The first-order valence-corrected chi connectivity index (χ1v) is 6.86. The van der Waals surface area contributed by atoms with Crippen LogP contribution in [-0.2, 0) is 0 Å². The number of methoxy groups -OCH3 is 1. The Hall–Kier alpha value is -1.06. The Balaban J connectivity index is 3.26. The highest BCUT2D eigenvalue weighted by molar-refractivity contribution is 5.43. The van der Waals surface area contributed by atoms with Gasteiger partial charge in [0.15, 0.2) is 0 Å². The van der Waals surface area contributed by atoms with Gasteiger partial charge in [-0.2, -0.15) is 0 Å². The van der Waals surface area contributed by atoms with Crippen LogP contribution in [0, 0.1) is 13.8 Å². The maximum atomic E-state index is 6.56. The summed E-state index contributed by atoms with van der Waals surface area (Å²) < 4.78 is 5.37. The molecule has 0 amide bonds. The Kier molecular flexibility index (Phi) is 4.99. The molecule has 0 radical (unpaired) electrons. The molecule has 0 saturated heterocycles. The molecule has 1 aromatic rings. The summed E-state index contributed by atoms with van der Waals surface area (Å²) >= 11 is 0. The monoisotopic (exact) mass is 264 g/mol. The van der Waals surface area contributed by atoms with Crippen LogP contribution in [0.3, 0.4) is 0 Å². The van der Waals surface area contributed by atoms with E-state index >= 15 is 0 Å². The zero-order valence-corrected chi connectivity index (χ0v) is 13.4. The van der Waals surface area contributed by atoms with E-state index in [1.54, 1.807) is 7.11 Å². The summed E-state index contributed by atoms with van der Waals surface area (Å²) in [4.78, 5) is 2.22. The molecule has 3 heteroatoms. The number of hydrogen-bond donors (Lipinski definition) is 1. The number of likely N-dealkylation sites (N-methyl/N-ethyl adjacent to an activating group) is 1. The third-order valence-electron chi connectivity index (χ3n) is 4.53. The van der Waals surface area contributed by atoms with E-state index in [1.165, 1.54) is 11.1 Å². The molecule has 3 nitrogen and oxygen atoms in total. The van der Waals surface area contributed by atoms with E-state index in [9.17, 15) is 0 Å². The number of rotatable bonds is 5. The average molecular weight is 264 g/mol. The van der Waals surface area contributed by atoms with Gasteiger partial charge in [-0.3, -0.25) is 0 Å². The Morgan fingerprint density at radius 2 is 1.84 bits per heavy atom. The highest BCUT2D eigenvalue weighted by Gasteiger charge is 2.34. The SMILES string of the molecule is CCC(C)(C(N)c1cc(C)c(OC)cc1C)N(C)C. The van der Waals surface area contributed by atoms with Crippen molar-refractivity contribution in [3.8, 4) is 5.75 Å². The molecule has 19 heavy (non-hydrogen) atoms. The Morgan fingerprint density at radius 3 is 2.26 bits per heavy atom. The first kappa shape index (κ1) is 16.0. The normalized spacial score (nSPS) is 16.3. The Bertz CT molecular complexity index is 443. The lowest BCUT2D eigenvalue weighted by Crippen LogP contribution is -2.49. The van der Waals surface area contributed by atoms with Crippen molar-refractivity contribution in [3.05, 3.63) is 28.8 Å². The summed E-state index contributed by atoms with van der Waals surface area (Å²) in [5.74, 6) is 0.927. The molecule has 0 saturated carbocycles. The van der Waals surface area contributed by atoms with E-state index in [2.05, 4.69) is 58.8 Å². The van der Waals surface area contributed by atoms with Gasteiger partial charge < -0.3 is 15.4 Å². The van der Waals surface area contributed by atoms with Crippen LogP contribution in [0.25, 0.3) is 0 Å². The molecule has 1 rings (SSSR count). The van der Waals surface area contributed by atoms with E-state index in [1.807, 2.05) is 0 Å². The van der Waals surface area contributed by atoms with E-state index in [0.29, 0.717) is 0 Å². The molecule has 2 atom stereocenters. The number of nitrogens with zero attached hydrogens (tertiary/aromatic N) is 1. The van der Waals surface area contributed by atoms with Crippen molar-refractivity contribution < 1.29 is 4.74 Å². The molecule has 108 valence electrons. The number of hydrogen-bond acceptors (Lipinski definition) is 3. The molecular weight excluding hydrogens is 236 g/mol. The molecule has 0 aliphatic heterocycles. The van der Waals surface area contributed by atoms with Crippen LogP contribution in [0.2, 0.25) is 0 Å². The van der Waals surface area contributed by atoms with Gasteiger partial charge in [-0.05, 0) is 64.0 Å². The second-order valence-corrected chi connectivity index (χ2v) is 5.76. The number of aryl methyl sites for hydroxylation is 2. The van der Waals surface area contributed by atoms with Crippen LogP contribution in [0.1, 0.15) is 43.0 Å². The van der Waals surface area contributed by atoms with Gasteiger partial charge in [0.1, 0.15) is 5.75 Å².